The van der Waals surface area contributed by atoms with Crippen LogP contribution < -0.4 is 5.32 Å². The third-order valence-corrected chi connectivity index (χ3v) is 3.39. The van der Waals surface area contributed by atoms with E-state index < -0.39 is 0 Å². The Labute approximate surface area is 123 Å². The second-order valence-electron chi connectivity index (χ2n) is 3.81. The van der Waals surface area contributed by atoms with Crippen LogP contribution >= 0.6 is 22.6 Å². The molecule has 0 fully saturated rings. The molecule has 0 spiro atoms. The van der Waals surface area contributed by atoms with Gasteiger partial charge in [-0.25, -0.2) is 0 Å². The highest BCUT2D eigenvalue weighted by Crippen LogP contribution is 2.21. The van der Waals surface area contributed by atoms with Crippen molar-refractivity contribution in [3.05, 3.63) is 57.2 Å². The average molecular weight is 364 g/mol. The lowest BCUT2D eigenvalue weighted by molar-refractivity contribution is 0.102. The van der Waals surface area contributed by atoms with Crippen molar-refractivity contribution >= 4 is 34.2 Å². The van der Waals surface area contributed by atoms with Gasteiger partial charge >= 0.3 is 0 Å². The van der Waals surface area contributed by atoms with Crippen molar-refractivity contribution in [2.24, 2.45) is 0 Å². The number of anilines is 1. The Hall–Kier alpha value is -2.07. The summed E-state index contributed by atoms with van der Waals surface area (Å²) in [6, 6.07) is 13.3. The molecule has 0 heterocycles. The Morgan fingerprint density at radius 3 is 2.47 bits per heavy atom. The van der Waals surface area contributed by atoms with Crippen LogP contribution in [-0.4, -0.2) is 11.0 Å². The van der Waals surface area contributed by atoms with Crippen LogP contribution in [0.3, 0.4) is 0 Å². The lowest BCUT2D eigenvalue weighted by Gasteiger charge is -2.06. The van der Waals surface area contributed by atoms with E-state index in [0.717, 1.165) is 0 Å². The zero-order chi connectivity index (χ0) is 13.8. The standard InChI is InChI=1S/C14H9IN2O2/c15-12-6-3-10(7-13(12)18)14(19)17-11-4-1-9(8-16)2-5-11/h1-7,18H,(H,17,19). The van der Waals surface area contributed by atoms with Gasteiger partial charge in [0.1, 0.15) is 5.75 Å². The van der Waals surface area contributed by atoms with E-state index in [4.69, 9.17) is 5.26 Å². The number of hydrogen-bond donors (Lipinski definition) is 2. The molecule has 0 atom stereocenters. The van der Waals surface area contributed by atoms with Gasteiger partial charge in [-0.2, -0.15) is 5.26 Å². The molecule has 0 aromatic heterocycles. The minimum Gasteiger partial charge on any atom is -0.507 e. The van der Waals surface area contributed by atoms with Gasteiger partial charge < -0.3 is 10.4 Å². The fraction of sp³-hybridized carbons (Fsp3) is 0. The van der Waals surface area contributed by atoms with Crippen LogP contribution in [0.4, 0.5) is 5.69 Å². The van der Waals surface area contributed by atoms with Crippen LogP contribution in [0.1, 0.15) is 15.9 Å². The lowest BCUT2D eigenvalue weighted by atomic mass is 10.2. The van der Waals surface area contributed by atoms with E-state index >= 15 is 0 Å². The predicted octanol–water partition coefficient (Wildman–Crippen LogP) is 3.12. The number of phenols is 1. The fourth-order valence-corrected chi connectivity index (χ4v) is 1.82. The highest BCUT2D eigenvalue weighted by Gasteiger charge is 2.08. The summed E-state index contributed by atoms with van der Waals surface area (Å²) in [5.74, 6) is -0.232. The van der Waals surface area contributed by atoms with Gasteiger partial charge in [0.15, 0.2) is 0 Å². The minimum atomic E-state index is -0.309. The summed E-state index contributed by atoms with van der Waals surface area (Å²) >= 11 is 1.98. The molecule has 0 aliphatic carbocycles. The Bertz CT molecular complexity index is 660. The minimum absolute atomic E-state index is 0.0769. The van der Waals surface area contributed by atoms with Gasteiger partial charge in [-0.3, -0.25) is 4.79 Å². The number of amides is 1. The third kappa shape index (κ3) is 3.23. The molecule has 5 heteroatoms. The second-order valence-corrected chi connectivity index (χ2v) is 4.97. The number of halogens is 1. The monoisotopic (exact) mass is 364 g/mol. The fourth-order valence-electron chi connectivity index (χ4n) is 1.49. The SMILES string of the molecule is N#Cc1ccc(NC(=O)c2ccc(I)c(O)c2)cc1. The van der Waals surface area contributed by atoms with E-state index in [9.17, 15) is 9.90 Å². The zero-order valence-corrected chi connectivity index (χ0v) is 11.9. The largest absolute Gasteiger partial charge is 0.507 e. The van der Waals surface area contributed by atoms with E-state index in [-0.39, 0.29) is 11.7 Å². The molecular weight excluding hydrogens is 355 g/mol. The number of benzene rings is 2. The highest BCUT2D eigenvalue weighted by atomic mass is 127. The quantitative estimate of drug-likeness (QED) is 0.805. The Balaban J connectivity index is 2.16. The van der Waals surface area contributed by atoms with E-state index in [2.05, 4.69) is 5.32 Å². The highest BCUT2D eigenvalue weighted by molar-refractivity contribution is 14.1. The van der Waals surface area contributed by atoms with Crippen LogP contribution in [0.5, 0.6) is 5.75 Å². The number of aromatic hydroxyl groups is 1. The number of rotatable bonds is 2. The van der Waals surface area contributed by atoms with Gasteiger partial charge in [-0.05, 0) is 65.1 Å². The van der Waals surface area contributed by atoms with Crippen LogP contribution in [-0.2, 0) is 0 Å². The van der Waals surface area contributed by atoms with Crippen molar-refractivity contribution < 1.29 is 9.90 Å². The summed E-state index contributed by atoms with van der Waals surface area (Å²) in [4.78, 5) is 11.9. The van der Waals surface area contributed by atoms with Gasteiger partial charge in [0.2, 0.25) is 0 Å². The third-order valence-electron chi connectivity index (χ3n) is 2.48. The first-order valence-electron chi connectivity index (χ1n) is 5.40. The first kappa shape index (κ1) is 13.4. The molecule has 2 N–H and O–H groups in total. The Morgan fingerprint density at radius 1 is 1.21 bits per heavy atom. The molecule has 2 aromatic carbocycles. The van der Waals surface area contributed by atoms with Crippen molar-refractivity contribution in [3.63, 3.8) is 0 Å². The molecule has 94 valence electrons. The van der Waals surface area contributed by atoms with Crippen molar-refractivity contribution in [1.29, 1.82) is 5.26 Å². The van der Waals surface area contributed by atoms with Crippen molar-refractivity contribution in [2.75, 3.05) is 5.32 Å². The van der Waals surface area contributed by atoms with Gasteiger partial charge in [-0.15, -0.1) is 0 Å². The smallest absolute Gasteiger partial charge is 0.255 e. The average Bonchev–Trinajstić information content (AvgIpc) is 2.42. The van der Waals surface area contributed by atoms with Gasteiger partial charge in [-0.1, -0.05) is 0 Å². The Morgan fingerprint density at radius 2 is 1.89 bits per heavy atom. The van der Waals surface area contributed by atoms with Crippen LogP contribution in [0, 0.1) is 14.9 Å². The molecule has 0 aliphatic heterocycles. The molecule has 0 saturated carbocycles. The van der Waals surface area contributed by atoms with Crippen molar-refractivity contribution in [1.82, 2.24) is 0 Å². The van der Waals surface area contributed by atoms with Crippen LogP contribution in [0.2, 0.25) is 0 Å². The number of nitrogens with zero attached hydrogens (tertiary/aromatic N) is 1. The molecule has 0 bridgehead atoms. The van der Waals surface area contributed by atoms with E-state index in [1.165, 1.54) is 6.07 Å². The maximum atomic E-state index is 11.9. The lowest BCUT2D eigenvalue weighted by Crippen LogP contribution is -2.11. The van der Waals surface area contributed by atoms with Gasteiger partial charge in [0, 0.05) is 11.3 Å². The molecule has 0 radical (unpaired) electrons. The maximum absolute atomic E-state index is 11.9. The van der Waals surface area contributed by atoms with Crippen LogP contribution in [0.15, 0.2) is 42.5 Å². The summed E-state index contributed by atoms with van der Waals surface area (Å²) in [5, 5.41) is 20.9. The number of nitrogens with one attached hydrogen (secondary N) is 1. The summed E-state index contributed by atoms with van der Waals surface area (Å²) in [5.41, 5.74) is 1.51. The van der Waals surface area contributed by atoms with Crippen molar-refractivity contribution in [3.8, 4) is 11.8 Å². The summed E-state index contributed by atoms with van der Waals surface area (Å²) in [7, 11) is 0. The molecule has 0 unspecified atom stereocenters. The van der Waals surface area contributed by atoms with E-state index in [0.29, 0.717) is 20.4 Å². The van der Waals surface area contributed by atoms with Crippen LogP contribution in [0.25, 0.3) is 0 Å². The second kappa shape index (κ2) is 5.71. The first-order valence-corrected chi connectivity index (χ1v) is 6.48. The molecule has 2 aromatic rings. The zero-order valence-electron chi connectivity index (χ0n) is 9.72. The molecule has 4 nitrogen and oxygen atoms in total. The normalized spacial score (nSPS) is 9.68. The van der Waals surface area contributed by atoms with E-state index in [1.807, 2.05) is 28.7 Å². The van der Waals surface area contributed by atoms with Gasteiger partial charge in [0.05, 0.1) is 15.2 Å². The number of hydrogen-bond acceptors (Lipinski definition) is 3. The molecule has 19 heavy (non-hydrogen) atoms. The summed E-state index contributed by atoms with van der Waals surface area (Å²) in [6.07, 6.45) is 0. The first-order chi connectivity index (χ1) is 9.10. The summed E-state index contributed by atoms with van der Waals surface area (Å²) < 4.78 is 0.688. The summed E-state index contributed by atoms with van der Waals surface area (Å²) in [6.45, 7) is 0. The number of nitriles is 1. The maximum Gasteiger partial charge on any atom is 0.255 e. The van der Waals surface area contributed by atoms with Gasteiger partial charge in [0.25, 0.3) is 5.91 Å². The number of carbonyl (C=O) groups is 1. The van der Waals surface area contributed by atoms with E-state index in [1.54, 1.807) is 36.4 Å². The molecule has 1 amide bonds. The molecule has 0 saturated heterocycles. The van der Waals surface area contributed by atoms with Crippen molar-refractivity contribution in [2.45, 2.75) is 0 Å². The predicted molar refractivity (Wildman–Crippen MR) is 79.9 cm³/mol. The Kier molecular flexibility index (Phi) is 4.02. The topological polar surface area (TPSA) is 73.1 Å². The number of phenolic OH excluding ortho intramolecular Hbond substituents is 1. The molecule has 2 rings (SSSR count). The number of carbonyl (C=O) groups excluding carboxylic acids is 1. The molecular formula is C14H9IN2O2. The molecule has 0 aliphatic rings.